The third-order valence-electron chi connectivity index (χ3n) is 5.18. The number of hydrazine groups is 1. The van der Waals surface area contributed by atoms with Crippen LogP contribution in [0, 0.1) is 5.92 Å². The number of carbonyl (C=O) groups excluding carboxylic acids is 1. The number of pyridine rings is 1. The summed E-state index contributed by atoms with van der Waals surface area (Å²) >= 11 is 0. The van der Waals surface area contributed by atoms with Crippen LogP contribution in [-0.2, 0) is 4.79 Å². The molecule has 1 atom stereocenters. The summed E-state index contributed by atoms with van der Waals surface area (Å²) < 4.78 is 25.9. The molecule has 2 aliphatic rings. The normalized spacial score (nSPS) is 18.4. The van der Waals surface area contributed by atoms with Crippen LogP contribution in [0.3, 0.4) is 0 Å². The highest BCUT2D eigenvalue weighted by molar-refractivity contribution is 5.97. The summed E-state index contributed by atoms with van der Waals surface area (Å²) in [5.41, 5.74) is 2.02. The molecule has 1 aromatic heterocycles. The maximum Gasteiger partial charge on any atom is 0.263 e. The van der Waals surface area contributed by atoms with Crippen molar-refractivity contribution in [1.82, 2.24) is 9.99 Å². The van der Waals surface area contributed by atoms with Crippen LogP contribution in [0.2, 0.25) is 0 Å². The highest BCUT2D eigenvalue weighted by atomic mass is 19.3. The minimum absolute atomic E-state index is 0.0483. The van der Waals surface area contributed by atoms with Crippen molar-refractivity contribution < 1.29 is 18.7 Å². The van der Waals surface area contributed by atoms with Crippen molar-refractivity contribution in [2.24, 2.45) is 5.92 Å². The number of carbonyl (C=O) groups is 1. The van der Waals surface area contributed by atoms with Crippen molar-refractivity contribution in [1.29, 1.82) is 0 Å². The lowest BCUT2D eigenvalue weighted by molar-refractivity contribution is -0.121. The van der Waals surface area contributed by atoms with Crippen molar-refractivity contribution >= 4 is 17.3 Å². The van der Waals surface area contributed by atoms with Crippen LogP contribution in [0.5, 0.6) is 0 Å². The molecule has 0 saturated heterocycles. The van der Waals surface area contributed by atoms with Crippen LogP contribution in [0.25, 0.3) is 5.70 Å². The summed E-state index contributed by atoms with van der Waals surface area (Å²) in [7, 11) is 0. The lowest BCUT2D eigenvalue weighted by atomic mass is 10.0. The minimum atomic E-state index is -2.53. The van der Waals surface area contributed by atoms with E-state index in [9.17, 15) is 18.7 Å². The predicted octanol–water partition coefficient (Wildman–Crippen LogP) is 3.78. The second-order valence-electron chi connectivity index (χ2n) is 7.06. The van der Waals surface area contributed by atoms with Gasteiger partial charge in [0.25, 0.3) is 6.43 Å². The van der Waals surface area contributed by atoms with Gasteiger partial charge in [-0.15, -0.1) is 0 Å². The summed E-state index contributed by atoms with van der Waals surface area (Å²) in [5, 5.41) is 13.5. The van der Waals surface area contributed by atoms with Crippen molar-refractivity contribution in [2.75, 3.05) is 11.6 Å². The van der Waals surface area contributed by atoms with Gasteiger partial charge in [-0.2, -0.15) is 0 Å². The van der Waals surface area contributed by atoms with Crippen LogP contribution in [0.15, 0.2) is 54.9 Å². The molecule has 4 rings (SSSR count). The second kappa shape index (κ2) is 7.67. The van der Waals surface area contributed by atoms with Crippen molar-refractivity contribution in [2.45, 2.75) is 31.7 Å². The Labute approximate surface area is 161 Å². The largest absolute Gasteiger partial charge is 0.394 e. The van der Waals surface area contributed by atoms with E-state index in [4.69, 9.17) is 0 Å². The molecule has 0 radical (unpaired) electrons. The van der Waals surface area contributed by atoms with E-state index in [0.717, 1.165) is 24.1 Å². The van der Waals surface area contributed by atoms with Gasteiger partial charge in [-0.3, -0.25) is 14.8 Å². The summed E-state index contributed by atoms with van der Waals surface area (Å²) in [6.07, 6.45) is 4.65. The van der Waals surface area contributed by atoms with Gasteiger partial charge in [-0.1, -0.05) is 24.3 Å². The number of alkyl halides is 2. The lowest BCUT2D eigenvalue weighted by Gasteiger charge is -2.45. The molecule has 1 aliphatic heterocycles. The molecule has 28 heavy (non-hydrogen) atoms. The summed E-state index contributed by atoms with van der Waals surface area (Å²) in [5.74, 6) is 0.152. The van der Waals surface area contributed by atoms with Crippen LogP contribution in [0.1, 0.15) is 36.8 Å². The molecule has 0 spiro atoms. The van der Waals surface area contributed by atoms with Crippen molar-refractivity contribution in [3.05, 3.63) is 66.0 Å². The highest BCUT2D eigenvalue weighted by Crippen LogP contribution is 2.41. The molecule has 1 saturated carbocycles. The molecular formula is C21H21F2N3O2. The summed E-state index contributed by atoms with van der Waals surface area (Å²) in [6, 6.07) is 9.34. The number of hydrogen-bond donors (Lipinski definition) is 1. The predicted molar refractivity (Wildman–Crippen MR) is 101 cm³/mol. The minimum Gasteiger partial charge on any atom is -0.394 e. The quantitative estimate of drug-likeness (QED) is 0.822. The Kier molecular flexibility index (Phi) is 5.09. The first kappa shape index (κ1) is 18.6. The molecule has 7 heteroatoms. The number of rotatable bonds is 6. The fourth-order valence-corrected chi connectivity index (χ4v) is 3.62. The first-order chi connectivity index (χ1) is 13.6. The molecule has 1 aliphatic carbocycles. The standard InChI is InChI=1S/C21H21F2N3O2/c22-21(23)16-7-5-14(6-8-16)18-9-10-20(28)25(17-2-1-11-24-12-17)26(18)19(13-27)15-3-4-15/h1-2,5-9,11-12,15,19,21,27H,3-4,10,13H2. The Hall–Kier alpha value is -2.80. The van der Waals surface area contributed by atoms with Gasteiger partial charge in [-0.05, 0) is 42.5 Å². The first-order valence-electron chi connectivity index (χ1n) is 9.31. The molecule has 1 fully saturated rings. The maximum atomic E-state index is 12.9. The monoisotopic (exact) mass is 385 g/mol. The number of anilines is 1. The van der Waals surface area contributed by atoms with Gasteiger partial charge in [0, 0.05) is 18.2 Å². The van der Waals surface area contributed by atoms with Gasteiger partial charge < -0.3 is 5.11 Å². The van der Waals surface area contributed by atoms with Crippen LogP contribution >= 0.6 is 0 Å². The second-order valence-corrected chi connectivity index (χ2v) is 7.06. The third-order valence-corrected chi connectivity index (χ3v) is 5.18. The van der Waals surface area contributed by atoms with Gasteiger partial charge in [0.1, 0.15) is 0 Å². The van der Waals surface area contributed by atoms with Gasteiger partial charge >= 0.3 is 0 Å². The van der Waals surface area contributed by atoms with E-state index < -0.39 is 6.43 Å². The smallest absolute Gasteiger partial charge is 0.263 e. The third kappa shape index (κ3) is 3.49. The number of hydrogen-bond acceptors (Lipinski definition) is 4. The molecule has 1 aromatic carbocycles. The van der Waals surface area contributed by atoms with Gasteiger partial charge in [0.15, 0.2) is 0 Å². The fourth-order valence-electron chi connectivity index (χ4n) is 3.62. The Bertz CT molecular complexity index is 867. The first-order valence-corrected chi connectivity index (χ1v) is 9.31. The zero-order valence-corrected chi connectivity index (χ0v) is 15.2. The van der Waals surface area contributed by atoms with E-state index in [-0.39, 0.29) is 36.5 Å². The number of aromatic nitrogens is 1. The number of amides is 1. The Balaban J connectivity index is 1.78. The molecule has 2 heterocycles. The molecule has 0 bridgehead atoms. The maximum absolute atomic E-state index is 12.9. The molecule has 2 aromatic rings. The van der Waals surface area contributed by atoms with E-state index in [0.29, 0.717) is 5.69 Å². The van der Waals surface area contributed by atoms with E-state index >= 15 is 0 Å². The number of aliphatic hydroxyl groups excluding tert-OH is 1. The Morgan fingerprint density at radius 2 is 1.93 bits per heavy atom. The molecular weight excluding hydrogens is 364 g/mol. The van der Waals surface area contributed by atoms with Crippen molar-refractivity contribution in [3.8, 4) is 0 Å². The zero-order valence-electron chi connectivity index (χ0n) is 15.2. The average molecular weight is 385 g/mol. The number of benzene rings is 1. The van der Waals surface area contributed by atoms with Crippen LogP contribution < -0.4 is 5.01 Å². The number of halogens is 2. The topological polar surface area (TPSA) is 56.7 Å². The SMILES string of the molecule is O=C1CC=C(c2ccc(C(F)F)cc2)N(C(CO)C2CC2)N1c1cccnc1. The molecule has 1 unspecified atom stereocenters. The highest BCUT2D eigenvalue weighted by Gasteiger charge is 2.42. The van der Waals surface area contributed by atoms with Gasteiger partial charge in [0.05, 0.1) is 30.2 Å². The fraction of sp³-hybridized carbons (Fsp3) is 0.333. The van der Waals surface area contributed by atoms with Crippen LogP contribution in [0.4, 0.5) is 14.5 Å². The Morgan fingerprint density at radius 3 is 2.50 bits per heavy atom. The molecule has 5 nitrogen and oxygen atoms in total. The average Bonchev–Trinajstić information content (AvgIpc) is 3.55. The van der Waals surface area contributed by atoms with Crippen molar-refractivity contribution in [3.63, 3.8) is 0 Å². The van der Waals surface area contributed by atoms with Gasteiger partial charge in [0.2, 0.25) is 5.91 Å². The number of aliphatic hydroxyl groups is 1. The molecule has 1 amide bonds. The van der Waals surface area contributed by atoms with Gasteiger partial charge in [-0.25, -0.2) is 13.8 Å². The van der Waals surface area contributed by atoms with E-state index in [1.54, 1.807) is 47.7 Å². The molecule has 146 valence electrons. The van der Waals surface area contributed by atoms with Crippen LogP contribution in [-0.4, -0.2) is 33.7 Å². The zero-order chi connectivity index (χ0) is 19.7. The summed E-state index contributed by atoms with van der Waals surface area (Å²) in [6.45, 7) is -0.110. The van der Waals surface area contributed by atoms with E-state index in [1.165, 1.54) is 12.1 Å². The summed E-state index contributed by atoms with van der Waals surface area (Å²) in [4.78, 5) is 16.9. The lowest BCUT2D eigenvalue weighted by Crippen LogP contribution is -2.54. The van der Waals surface area contributed by atoms with E-state index in [1.807, 2.05) is 5.01 Å². The molecule has 1 N–H and O–H groups in total. The Morgan fingerprint density at radius 1 is 1.18 bits per heavy atom. The van der Waals surface area contributed by atoms with E-state index in [2.05, 4.69) is 4.98 Å². The number of nitrogens with zero attached hydrogens (tertiary/aromatic N) is 3.